The van der Waals surface area contributed by atoms with Crippen molar-refractivity contribution in [2.75, 3.05) is 55.7 Å². The summed E-state index contributed by atoms with van der Waals surface area (Å²) in [6, 6.07) is 16.4. The number of nitrogens with zero attached hydrogens (tertiary/aromatic N) is 8. The van der Waals surface area contributed by atoms with E-state index in [1.54, 1.807) is 32.8 Å². The van der Waals surface area contributed by atoms with E-state index in [0.717, 1.165) is 61.8 Å². The highest BCUT2D eigenvalue weighted by atomic mass is 16.8. The number of piperidine rings is 1. The minimum atomic E-state index is -0.916. The molecule has 7 rings (SSSR count). The van der Waals surface area contributed by atoms with Crippen molar-refractivity contribution in [2.45, 2.75) is 63.8 Å². The molecule has 3 fully saturated rings. The molecule has 48 heavy (non-hydrogen) atoms. The molecule has 4 aromatic rings. The van der Waals surface area contributed by atoms with Crippen LogP contribution in [0.2, 0.25) is 0 Å². The SMILES string of the molecule is CCC(C)n1ncn(-c2ccc(N3CCN(c4ccc(OCC5COC(Cn6nccn6)(C6CCNC(O)C6)O5)cc4)CC3)cc2)c1=O. The number of ether oxygens (including phenoxy) is 3. The van der Waals surface area contributed by atoms with Crippen LogP contribution < -0.4 is 25.5 Å². The van der Waals surface area contributed by atoms with E-state index in [1.165, 1.54) is 0 Å². The summed E-state index contributed by atoms with van der Waals surface area (Å²) in [5.74, 6) is -0.139. The predicted molar refractivity (Wildman–Crippen MR) is 180 cm³/mol. The first-order chi connectivity index (χ1) is 23.4. The number of piperazine rings is 1. The Morgan fingerprint density at radius 2 is 1.62 bits per heavy atom. The van der Waals surface area contributed by atoms with Gasteiger partial charge in [-0.2, -0.15) is 20.1 Å². The van der Waals surface area contributed by atoms with Crippen molar-refractivity contribution in [2.24, 2.45) is 5.92 Å². The van der Waals surface area contributed by atoms with Crippen LogP contribution in [0.15, 0.2) is 72.0 Å². The van der Waals surface area contributed by atoms with Crippen LogP contribution in [0.1, 0.15) is 39.2 Å². The van der Waals surface area contributed by atoms with Gasteiger partial charge in [0.2, 0.25) is 0 Å². The van der Waals surface area contributed by atoms with Gasteiger partial charge >= 0.3 is 5.69 Å². The number of hydrogen-bond donors (Lipinski definition) is 2. The number of anilines is 2. The largest absolute Gasteiger partial charge is 0.491 e. The van der Waals surface area contributed by atoms with E-state index < -0.39 is 12.0 Å². The topological polar surface area (TPSA) is 137 Å². The van der Waals surface area contributed by atoms with Gasteiger partial charge in [0.05, 0.1) is 30.7 Å². The number of nitrogens with one attached hydrogen (secondary N) is 1. The van der Waals surface area contributed by atoms with Crippen molar-refractivity contribution in [3.8, 4) is 11.4 Å². The van der Waals surface area contributed by atoms with Gasteiger partial charge < -0.3 is 29.1 Å². The minimum absolute atomic E-state index is 0.000245. The standard InChI is InChI=1S/C34H45N9O5/c1-3-25(2)43-33(45)41(24-38-43)29-6-4-27(5-7-29)39-16-18-40(19-17-39)28-8-10-30(11-9-28)46-21-31-22-47-34(48-31,23-42-36-14-15-37-42)26-12-13-35-32(44)20-26/h4-11,14-15,24-26,31-32,35,44H,3,12-13,16-23H2,1-2H3. The van der Waals surface area contributed by atoms with Crippen LogP contribution in [0.4, 0.5) is 11.4 Å². The number of rotatable bonds is 11. The van der Waals surface area contributed by atoms with Crippen LogP contribution in [0.3, 0.4) is 0 Å². The van der Waals surface area contributed by atoms with Crippen molar-refractivity contribution >= 4 is 11.4 Å². The number of aliphatic hydroxyl groups excluding tert-OH is 1. The minimum Gasteiger partial charge on any atom is -0.491 e. The Morgan fingerprint density at radius 1 is 0.979 bits per heavy atom. The fraction of sp³-hybridized carbons (Fsp3) is 0.529. The number of aromatic nitrogens is 6. The van der Waals surface area contributed by atoms with Gasteiger partial charge in [-0.3, -0.25) is 5.32 Å². The van der Waals surface area contributed by atoms with Crippen LogP contribution >= 0.6 is 0 Å². The first-order valence-corrected chi connectivity index (χ1v) is 17.0. The number of hydrogen-bond acceptors (Lipinski definition) is 11. The summed E-state index contributed by atoms with van der Waals surface area (Å²) in [5.41, 5.74) is 3.01. The second-order valence-electron chi connectivity index (χ2n) is 12.9. The van der Waals surface area contributed by atoms with Gasteiger partial charge in [-0.05, 0) is 81.3 Å². The molecule has 3 saturated heterocycles. The van der Waals surface area contributed by atoms with E-state index in [4.69, 9.17) is 14.2 Å². The smallest absolute Gasteiger partial charge is 0.350 e. The third kappa shape index (κ3) is 6.83. The molecule has 0 bridgehead atoms. The molecule has 256 valence electrons. The van der Waals surface area contributed by atoms with Crippen molar-refractivity contribution in [1.29, 1.82) is 0 Å². The summed E-state index contributed by atoms with van der Waals surface area (Å²) in [5, 5.41) is 26.2. The summed E-state index contributed by atoms with van der Waals surface area (Å²) in [6.07, 6.45) is 6.24. The molecule has 0 radical (unpaired) electrons. The Labute approximate surface area is 279 Å². The molecule has 0 aliphatic carbocycles. The Hall–Kier alpha value is -4.24. The van der Waals surface area contributed by atoms with Gasteiger partial charge in [-0.25, -0.2) is 14.0 Å². The van der Waals surface area contributed by atoms with E-state index in [9.17, 15) is 9.90 Å². The number of aliphatic hydroxyl groups is 1. The molecule has 0 saturated carbocycles. The van der Waals surface area contributed by atoms with Gasteiger partial charge in [-0.1, -0.05) is 6.92 Å². The summed E-state index contributed by atoms with van der Waals surface area (Å²) < 4.78 is 22.1. The zero-order chi connectivity index (χ0) is 33.1. The monoisotopic (exact) mass is 659 g/mol. The molecule has 2 N–H and O–H groups in total. The Balaban J connectivity index is 0.906. The van der Waals surface area contributed by atoms with Crippen molar-refractivity contribution in [1.82, 2.24) is 34.7 Å². The molecular formula is C34H45N9O5. The highest BCUT2D eigenvalue weighted by molar-refractivity contribution is 5.54. The van der Waals surface area contributed by atoms with Crippen LogP contribution in [-0.4, -0.2) is 98.5 Å². The van der Waals surface area contributed by atoms with E-state index >= 15 is 0 Å². The first kappa shape index (κ1) is 32.3. The third-order valence-corrected chi connectivity index (χ3v) is 9.82. The molecule has 3 aliphatic rings. The maximum Gasteiger partial charge on any atom is 0.350 e. The van der Waals surface area contributed by atoms with Gasteiger partial charge in [0, 0.05) is 43.5 Å². The molecule has 14 heteroatoms. The van der Waals surface area contributed by atoms with E-state index in [2.05, 4.69) is 61.6 Å². The van der Waals surface area contributed by atoms with Gasteiger partial charge in [0.1, 0.15) is 37.6 Å². The van der Waals surface area contributed by atoms with E-state index in [1.807, 2.05) is 31.2 Å². The molecule has 5 heterocycles. The lowest BCUT2D eigenvalue weighted by Gasteiger charge is -2.39. The fourth-order valence-corrected chi connectivity index (χ4v) is 6.87. The van der Waals surface area contributed by atoms with Gasteiger partial charge in [0.25, 0.3) is 0 Å². The van der Waals surface area contributed by atoms with Crippen LogP contribution in [0.5, 0.6) is 5.75 Å². The Kier molecular flexibility index (Phi) is 9.48. The quantitative estimate of drug-likeness (QED) is 0.246. The lowest BCUT2D eigenvalue weighted by Crippen LogP contribution is -2.51. The normalized spacial score (nSPS) is 25.4. The zero-order valence-corrected chi connectivity index (χ0v) is 27.6. The van der Waals surface area contributed by atoms with Crippen molar-refractivity contribution in [3.63, 3.8) is 0 Å². The van der Waals surface area contributed by atoms with E-state index in [-0.39, 0.29) is 23.8 Å². The lowest BCUT2D eigenvalue weighted by molar-refractivity contribution is -0.229. The molecule has 0 amide bonds. The Bertz CT molecular complexity index is 1670. The second-order valence-corrected chi connectivity index (χ2v) is 12.9. The van der Waals surface area contributed by atoms with Crippen LogP contribution in [0.25, 0.3) is 5.69 Å². The van der Waals surface area contributed by atoms with Crippen molar-refractivity contribution in [3.05, 3.63) is 77.7 Å². The first-order valence-electron chi connectivity index (χ1n) is 17.0. The molecule has 2 aromatic carbocycles. The molecule has 5 unspecified atom stereocenters. The van der Waals surface area contributed by atoms with E-state index in [0.29, 0.717) is 32.7 Å². The van der Waals surface area contributed by atoms with Crippen LogP contribution in [0, 0.1) is 5.92 Å². The van der Waals surface area contributed by atoms with Gasteiger partial charge in [-0.15, -0.1) is 0 Å². The molecular weight excluding hydrogens is 614 g/mol. The fourth-order valence-electron chi connectivity index (χ4n) is 6.87. The summed E-state index contributed by atoms with van der Waals surface area (Å²) in [4.78, 5) is 19.1. The molecule has 2 aromatic heterocycles. The second kappa shape index (κ2) is 14.1. The molecule has 14 nitrogen and oxygen atoms in total. The summed E-state index contributed by atoms with van der Waals surface area (Å²) in [7, 11) is 0. The maximum atomic E-state index is 12.8. The third-order valence-electron chi connectivity index (χ3n) is 9.82. The van der Waals surface area contributed by atoms with Crippen molar-refractivity contribution < 1.29 is 19.3 Å². The predicted octanol–water partition coefficient (Wildman–Crippen LogP) is 2.43. The number of benzene rings is 2. The maximum absolute atomic E-state index is 12.8. The Morgan fingerprint density at radius 3 is 2.27 bits per heavy atom. The highest BCUT2D eigenvalue weighted by Gasteiger charge is 2.50. The average Bonchev–Trinajstić information content (AvgIpc) is 3.89. The summed E-state index contributed by atoms with van der Waals surface area (Å²) in [6.45, 7) is 9.44. The molecule has 3 aliphatic heterocycles. The highest BCUT2D eigenvalue weighted by Crippen LogP contribution is 2.38. The zero-order valence-electron chi connectivity index (χ0n) is 27.6. The molecule has 5 atom stereocenters. The van der Waals surface area contributed by atoms with Gasteiger partial charge in [0.15, 0.2) is 5.79 Å². The van der Waals surface area contributed by atoms with Crippen LogP contribution in [-0.2, 0) is 16.0 Å². The summed E-state index contributed by atoms with van der Waals surface area (Å²) >= 11 is 0. The average molecular weight is 660 g/mol. The lowest BCUT2D eigenvalue weighted by atomic mass is 9.88. The molecule has 0 spiro atoms.